The van der Waals surface area contributed by atoms with Crippen LogP contribution < -0.4 is 14.9 Å². The predicted molar refractivity (Wildman–Crippen MR) is 103 cm³/mol. The number of hydrogen-bond acceptors (Lipinski definition) is 4. The maximum absolute atomic E-state index is 12.3. The first-order valence-electron chi connectivity index (χ1n) is 8.01. The lowest BCUT2D eigenvalue weighted by molar-refractivity contribution is 0.0954. The van der Waals surface area contributed by atoms with Gasteiger partial charge in [0.1, 0.15) is 0 Å². The Morgan fingerprint density at radius 1 is 1.15 bits per heavy atom. The van der Waals surface area contributed by atoms with Gasteiger partial charge in [-0.05, 0) is 30.3 Å². The number of carbonyl (C=O) groups is 1. The summed E-state index contributed by atoms with van der Waals surface area (Å²) in [5.41, 5.74) is 1.32. The summed E-state index contributed by atoms with van der Waals surface area (Å²) in [7, 11) is -1.79. The molecule has 0 aliphatic carbocycles. The van der Waals surface area contributed by atoms with Crippen molar-refractivity contribution in [2.45, 2.75) is 4.90 Å². The Hall–Kier alpha value is -2.82. The quantitative estimate of drug-likeness (QED) is 0.689. The zero-order valence-corrected chi connectivity index (χ0v) is 15.3. The predicted octanol–water partition coefficient (Wildman–Crippen LogP) is 1.46. The first-order chi connectivity index (χ1) is 12.4. The van der Waals surface area contributed by atoms with Crippen molar-refractivity contribution in [1.29, 1.82) is 0 Å². The minimum absolute atomic E-state index is 0.00167. The molecule has 0 aliphatic heterocycles. The average Bonchev–Trinajstić information content (AvgIpc) is 2.67. The molecular formula is C19H21N3O3S. The monoisotopic (exact) mass is 371 g/mol. The number of sulfonamides is 1. The number of hydrogen-bond donors (Lipinski definition) is 2. The maximum atomic E-state index is 12.3. The van der Waals surface area contributed by atoms with E-state index in [0.29, 0.717) is 13.1 Å². The molecule has 0 radical (unpaired) electrons. The van der Waals surface area contributed by atoms with E-state index in [2.05, 4.69) is 16.0 Å². The van der Waals surface area contributed by atoms with Crippen molar-refractivity contribution in [2.24, 2.45) is 0 Å². The smallest absolute Gasteiger partial charge is 0.251 e. The fourth-order valence-corrected chi connectivity index (χ4v) is 3.26. The van der Waals surface area contributed by atoms with E-state index < -0.39 is 10.0 Å². The fraction of sp³-hybridized carbons (Fsp3) is 0.211. The van der Waals surface area contributed by atoms with E-state index in [4.69, 9.17) is 6.42 Å². The van der Waals surface area contributed by atoms with Crippen LogP contribution in [0.3, 0.4) is 0 Å². The first kappa shape index (κ1) is 19.5. The van der Waals surface area contributed by atoms with Gasteiger partial charge in [-0.2, -0.15) is 4.72 Å². The molecule has 0 heterocycles. The molecule has 26 heavy (non-hydrogen) atoms. The van der Waals surface area contributed by atoms with Gasteiger partial charge in [-0.3, -0.25) is 4.79 Å². The van der Waals surface area contributed by atoms with Crippen molar-refractivity contribution in [2.75, 3.05) is 31.6 Å². The van der Waals surface area contributed by atoms with E-state index in [1.54, 1.807) is 6.07 Å². The summed E-state index contributed by atoms with van der Waals surface area (Å²) in [6.45, 7) is 0.943. The van der Waals surface area contributed by atoms with Crippen molar-refractivity contribution in [3.63, 3.8) is 0 Å². The number of anilines is 1. The molecule has 0 atom stereocenters. The Bertz CT molecular complexity index is 890. The summed E-state index contributed by atoms with van der Waals surface area (Å²) < 4.78 is 26.4. The van der Waals surface area contributed by atoms with Crippen molar-refractivity contribution in [3.05, 3.63) is 60.2 Å². The number of rotatable bonds is 8. The third kappa shape index (κ3) is 5.34. The van der Waals surface area contributed by atoms with Crippen LogP contribution in [0.1, 0.15) is 10.4 Å². The molecule has 136 valence electrons. The van der Waals surface area contributed by atoms with Crippen LogP contribution in [0.2, 0.25) is 0 Å². The summed E-state index contributed by atoms with van der Waals surface area (Å²) in [6, 6.07) is 15.6. The number of nitrogens with one attached hydrogen (secondary N) is 2. The number of nitrogens with zero attached hydrogens (tertiary/aromatic N) is 1. The van der Waals surface area contributed by atoms with Gasteiger partial charge in [0.2, 0.25) is 10.0 Å². The molecule has 0 saturated heterocycles. The molecule has 1 amide bonds. The lowest BCUT2D eigenvalue weighted by Gasteiger charge is -2.19. The standard InChI is InChI=1S/C19H21N3O3S/c1-3-12-21-26(24,25)18-11-7-8-16(15-18)19(23)20-13-14-22(2)17-9-5-4-6-10-17/h1,4-11,15,21H,12-14H2,2H3,(H,20,23). The molecule has 6 nitrogen and oxygen atoms in total. The highest BCUT2D eigenvalue weighted by Gasteiger charge is 2.15. The second-order valence-electron chi connectivity index (χ2n) is 5.57. The van der Waals surface area contributed by atoms with Crippen molar-refractivity contribution in [3.8, 4) is 12.3 Å². The fourth-order valence-electron chi connectivity index (χ4n) is 2.28. The highest BCUT2D eigenvalue weighted by Crippen LogP contribution is 2.12. The molecule has 0 aliphatic rings. The van der Waals surface area contributed by atoms with Crippen molar-refractivity contribution >= 4 is 21.6 Å². The number of amides is 1. The van der Waals surface area contributed by atoms with E-state index in [1.165, 1.54) is 18.2 Å². The number of para-hydroxylation sites is 1. The van der Waals surface area contributed by atoms with Gasteiger partial charge in [0.15, 0.2) is 0 Å². The van der Waals surface area contributed by atoms with Crippen LogP contribution in [-0.2, 0) is 10.0 Å². The van der Waals surface area contributed by atoms with Gasteiger partial charge in [-0.15, -0.1) is 6.42 Å². The molecule has 0 unspecified atom stereocenters. The number of benzene rings is 2. The van der Waals surface area contributed by atoms with Crippen LogP contribution >= 0.6 is 0 Å². The van der Waals surface area contributed by atoms with Gasteiger partial charge in [-0.1, -0.05) is 30.2 Å². The summed E-state index contributed by atoms with van der Waals surface area (Å²) in [5, 5.41) is 2.79. The molecule has 0 spiro atoms. The minimum atomic E-state index is -3.73. The second-order valence-corrected chi connectivity index (χ2v) is 7.34. The van der Waals surface area contributed by atoms with Crippen LogP contribution in [0.25, 0.3) is 0 Å². The third-order valence-corrected chi connectivity index (χ3v) is 5.10. The van der Waals surface area contributed by atoms with E-state index >= 15 is 0 Å². The molecule has 0 saturated carbocycles. The Kier molecular flexibility index (Phi) is 6.78. The second kappa shape index (κ2) is 9.04. The van der Waals surface area contributed by atoms with E-state index in [-0.39, 0.29) is 22.9 Å². The Morgan fingerprint density at radius 2 is 1.88 bits per heavy atom. The van der Waals surface area contributed by atoms with Gasteiger partial charge in [-0.25, -0.2) is 8.42 Å². The summed E-state index contributed by atoms with van der Waals surface area (Å²) in [5.74, 6) is 1.88. The van der Waals surface area contributed by atoms with Crippen LogP contribution in [0, 0.1) is 12.3 Å². The van der Waals surface area contributed by atoms with Crippen molar-refractivity contribution < 1.29 is 13.2 Å². The highest BCUT2D eigenvalue weighted by molar-refractivity contribution is 7.89. The lowest BCUT2D eigenvalue weighted by Crippen LogP contribution is -2.33. The van der Waals surface area contributed by atoms with Crippen LogP contribution in [0.4, 0.5) is 5.69 Å². The Balaban J connectivity index is 1.96. The molecule has 2 rings (SSSR count). The Morgan fingerprint density at radius 3 is 2.58 bits per heavy atom. The molecule has 7 heteroatoms. The average molecular weight is 371 g/mol. The van der Waals surface area contributed by atoms with Gasteiger partial charge in [0.05, 0.1) is 11.4 Å². The topological polar surface area (TPSA) is 78.5 Å². The zero-order chi connectivity index (χ0) is 19.0. The molecule has 0 bridgehead atoms. The maximum Gasteiger partial charge on any atom is 0.251 e. The van der Waals surface area contributed by atoms with Gasteiger partial charge >= 0.3 is 0 Å². The number of carbonyl (C=O) groups excluding carboxylic acids is 1. The Labute approximate surface area is 154 Å². The molecule has 2 N–H and O–H groups in total. The first-order valence-corrected chi connectivity index (χ1v) is 9.50. The van der Waals surface area contributed by atoms with Gasteiger partial charge in [0.25, 0.3) is 5.91 Å². The van der Waals surface area contributed by atoms with Crippen LogP contribution in [0.5, 0.6) is 0 Å². The van der Waals surface area contributed by atoms with Gasteiger partial charge < -0.3 is 10.2 Å². The van der Waals surface area contributed by atoms with Crippen LogP contribution in [0.15, 0.2) is 59.5 Å². The largest absolute Gasteiger partial charge is 0.373 e. The third-order valence-electron chi connectivity index (χ3n) is 3.70. The summed E-state index contributed by atoms with van der Waals surface area (Å²) in [6.07, 6.45) is 5.07. The van der Waals surface area contributed by atoms with E-state index in [1.807, 2.05) is 42.3 Å². The van der Waals surface area contributed by atoms with Crippen molar-refractivity contribution in [1.82, 2.24) is 10.0 Å². The summed E-state index contributed by atoms with van der Waals surface area (Å²) >= 11 is 0. The summed E-state index contributed by atoms with van der Waals surface area (Å²) in [4.78, 5) is 14.3. The van der Waals surface area contributed by atoms with E-state index in [9.17, 15) is 13.2 Å². The molecule has 0 fully saturated rings. The highest BCUT2D eigenvalue weighted by atomic mass is 32.2. The SMILES string of the molecule is C#CCNS(=O)(=O)c1cccc(C(=O)NCCN(C)c2ccccc2)c1. The number of likely N-dealkylation sites (N-methyl/N-ethyl adjacent to an activating group) is 1. The zero-order valence-electron chi connectivity index (χ0n) is 14.5. The van der Waals surface area contributed by atoms with Gasteiger partial charge in [0, 0.05) is 31.4 Å². The molecule has 2 aromatic rings. The molecule has 0 aromatic heterocycles. The molecule has 2 aromatic carbocycles. The molecular weight excluding hydrogens is 350 g/mol. The number of terminal acetylenes is 1. The normalized spacial score (nSPS) is 10.8. The lowest BCUT2D eigenvalue weighted by atomic mass is 10.2. The van der Waals surface area contributed by atoms with Crippen LogP contribution in [-0.4, -0.2) is 41.0 Å². The minimum Gasteiger partial charge on any atom is -0.373 e. The van der Waals surface area contributed by atoms with E-state index in [0.717, 1.165) is 5.69 Å².